The summed E-state index contributed by atoms with van der Waals surface area (Å²) in [5.74, 6) is -1.53. The number of carbonyl (C=O) groups excluding carboxylic acids is 1. The van der Waals surface area contributed by atoms with Crippen LogP contribution >= 0.6 is 7.37 Å². The highest BCUT2D eigenvalue weighted by Gasteiger charge is 2.24. The van der Waals surface area contributed by atoms with Crippen molar-refractivity contribution in [2.24, 2.45) is 5.92 Å². The van der Waals surface area contributed by atoms with Crippen LogP contribution in [-0.2, 0) is 9.36 Å². The van der Waals surface area contributed by atoms with Gasteiger partial charge in [0.15, 0.2) is 0 Å². The Labute approximate surface area is 155 Å². The van der Waals surface area contributed by atoms with Crippen molar-refractivity contribution in [1.29, 1.82) is 0 Å². The van der Waals surface area contributed by atoms with Crippen LogP contribution in [0.5, 0.6) is 0 Å². The van der Waals surface area contributed by atoms with E-state index in [4.69, 9.17) is 5.11 Å². The minimum Gasteiger partial charge on any atom is -0.478 e. The van der Waals surface area contributed by atoms with Gasteiger partial charge in [0.1, 0.15) is 6.29 Å². The molecular formula is C19H30NO5P. The monoisotopic (exact) mass is 383 g/mol. The molecular weight excluding hydrogens is 353 g/mol. The molecule has 1 aromatic carbocycles. The molecule has 0 saturated carbocycles. The van der Waals surface area contributed by atoms with Crippen molar-refractivity contribution in [3.05, 3.63) is 35.4 Å². The van der Waals surface area contributed by atoms with Crippen LogP contribution in [0.1, 0.15) is 61.5 Å². The van der Waals surface area contributed by atoms with Crippen LogP contribution in [0.3, 0.4) is 0 Å². The number of carbonyl (C=O) groups is 2. The number of unbranched alkanes of at least 4 members (excludes halogenated alkanes) is 3. The number of hydrogen-bond acceptors (Lipinski definition) is 4. The summed E-state index contributed by atoms with van der Waals surface area (Å²) in [7, 11) is -3.31. The summed E-state index contributed by atoms with van der Waals surface area (Å²) in [6.45, 7) is 4.23. The molecule has 3 atom stereocenters. The first-order valence-corrected chi connectivity index (χ1v) is 11.1. The lowest BCUT2D eigenvalue weighted by atomic mass is 10.0. The number of carboxylic acid groups (broad SMARTS) is 1. The second kappa shape index (κ2) is 11.3. The molecule has 3 N–H and O–H groups in total. The molecule has 1 rings (SSSR count). The second-order valence-electron chi connectivity index (χ2n) is 6.77. The fourth-order valence-corrected chi connectivity index (χ4v) is 4.63. The fraction of sp³-hybridized carbons (Fsp3) is 0.579. The van der Waals surface area contributed by atoms with Gasteiger partial charge in [0.25, 0.3) is 0 Å². The van der Waals surface area contributed by atoms with Crippen molar-refractivity contribution in [3.63, 3.8) is 0 Å². The zero-order valence-corrected chi connectivity index (χ0v) is 16.5. The molecule has 7 heteroatoms. The zero-order valence-electron chi connectivity index (χ0n) is 15.6. The Hall–Kier alpha value is -1.49. The first-order valence-electron chi connectivity index (χ1n) is 9.12. The Morgan fingerprint density at radius 3 is 2.65 bits per heavy atom. The van der Waals surface area contributed by atoms with Gasteiger partial charge in [0.2, 0.25) is 7.37 Å². The van der Waals surface area contributed by atoms with E-state index < -0.39 is 19.3 Å². The van der Waals surface area contributed by atoms with Crippen molar-refractivity contribution >= 4 is 19.6 Å². The van der Waals surface area contributed by atoms with E-state index in [1.807, 2.05) is 13.0 Å². The van der Waals surface area contributed by atoms with Crippen LogP contribution in [0.2, 0.25) is 0 Å². The molecule has 0 bridgehead atoms. The van der Waals surface area contributed by atoms with Crippen LogP contribution in [-0.4, -0.2) is 41.1 Å². The molecule has 0 saturated heterocycles. The maximum absolute atomic E-state index is 12.3. The molecule has 0 heterocycles. The highest BCUT2D eigenvalue weighted by atomic mass is 31.2. The van der Waals surface area contributed by atoms with Crippen molar-refractivity contribution in [3.8, 4) is 0 Å². The number of hydrogen-bond donors (Lipinski definition) is 3. The van der Waals surface area contributed by atoms with Crippen molar-refractivity contribution in [1.82, 2.24) is 5.32 Å². The largest absolute Gasteiger partial charge is 0.478 e. The Bertz CT molecular complexity index is 634. The van der Waals surface area contributed by atoms with Crippen LogP contribution < -0.4 is 5.32 Å². The van der Waals surface area contributed by atoms with E-state index in [-0.39, 0.29) is 30.5 Å². The Morgan fingerprint density at radius 1 is 1.31 bits per heavy atom. The third-order valence-electron chi connectivity index (χ3n) is 4.39. The maximum Gasteiger partial charge on any atom is 0.335 e. The summed E-state index contributed by atoms with van der Waals surface area (Å²) in [6.07, 6.45) is 4.72. The Balaban J connectivity index is 2.54. The van der Waals surface area contributed by atoms with E-state index in [1.165, 1.54) is 6.07 Å². The van der Waals surface area contributed by atoms with Gasteiger partial charge in [-0.1, -0.05) is 38.3 Å². The van der Waals surface area contributed by atoms with Gasteiger partial charge in [-0.2, -0.15) is 0 Å². The van der Waals surface area contributed by atoms with Crippen molar-refractivity contribution < 1.29 is 24.2 Å². The van der Waals surface area contributed by atoms with E-state index in [0.717, 1.165) is 31.1 Å². The summed E-state index contributed by atoms with van der Waals surface area (Å²) in [4.78, 5) is 32.4. The summed E-state index contributed by atoms with van der Waals surface area (Å²) >= 11 is 0. The van der Waals surface area contributed by atoms with Crippen LogP contribution in [0.25, 0.3) is 0 Å². The van der Waals surface area contributed by atoms with Gasteiger partial charge in [-0.25, -0.2) is 4.79 Å². The van der Waals surface area contributed by atoms with Gasteiger partial charge in [-0.05, 0) is 31.0 Å². The average Bonchev–Trinajstić information content (AvgIpc) is 2.62. The first-order chi connectivity index (χ1) is 12.3. The number of aldehydes is 1. The minimum atomic E-state index is -3.31. The lowest BCUT2D eigenvalue weighted by molar-refractivity contribution is -0.110. The van der Waals surface area contributed by atoms with E-state index in [9.17, 15) is 19.0 Å². The van der Waals surface area contributed by atoms with Gasteiger partial charge in [0, 0.05) is 30.8 Å². The third kappa shape index (κ3) is 8.26. The predicted octanol–water partition coefficient (Wildman–Crippen LogP) is 3.70. The van der Waals surface area contributed by atoms with E-state index in [2.05, 4.69) is 12.2 Å². The molecule has 6 nitrogen and oxygen atoms in total. The lowest BCUT2D eigenvalue weighted by Gasteiger charge is -2.20. The molecule has 26 heavy (non-hydrogen) atoms. The molecule has 1 aromatic rings. The molecule has 146 valence electrons. The number of carboxylic acids is 1. The molecule has 0 aliphatic rings. The van der Waals surface area contributed by atoms with E-state index in [0.29, 0.717) is 6.42 Å². The highest BCUT2D eigenvalue weighted by Crippen LogP contribution is 2.43. The highest BCUT2D eigenvalue weighted by molar-refractivity contribution is 7.58. The van der Waals surface area contributed by atoms with Gasteiger partial charge in [-0.15, -0.1) is 0 Å². The van der Waals surface area contributed by atoms with Gasteiger partial charge < -0.3 is 20.1 Å². The first kappa shape index (κ1) is 22.6. The third-order valence-corrected chi connectivity index (χ3v) is 6.45. The molecule has 0 spiro atoms. The maximum atomic E-state index is 12.3. The smallest absolute Gasteiger partial charge is 0.335 e. The molecule has 0 fully saturated rings. The molecule has 0 aromatic heterocycles. The summed E-state index contributed by atoms with van der Waals surface area (Å²) in [5.41, 5.74) is 0.997. The van der Waals surface area contributed by atoms with Gasteiger partial charge in [-0.3, -0.25) is 4.57 Å². The topological polar surface area (TPSA) is 104 Å². The Morgan fingerprint density at radius 2 is 2.04 bits per heavy atom. The normalized spacial score (nSPS) is 15.8. The number of aromatic carboxylic acids is 1. The SMILES string of the molecule is CCCCCCP(=O)(O)C[C@@H](C=O)CN[C@H](C)c1cccc(C(=O)O)c1. The van der Waals surface area contributed by atoms with Crippen molar-refractivity contribution in [2.45, 2.75) is 45.6 Å². The number of nitrogens with one attached hydrogen (secondary N) is 1. The summed E-state index contributed by atoms with van der Waals surface area (Å²) < 4.78 is 12.3. The molecule has 0 aliphatic heterocycles. The second-order valence-corrected chi connectivity index (χ2v) is 9.27. The van der Waals surface area contributed by atoms with Crippen LogP contribution in [0.4, 0.5) is 0 Å². The van der Waals surface area contributed by atoms with E-state index in [1.54, 1.807) is 12.1 Å². The van der Waals surface area contributed by atoms with Crippen LogP contribution in [0, 0.1) is 5.92 Å². The summed E-state index contributed by atoms with van der Waals surface area (Å²) in [5, 5.41) is 12.2. The molecule has 0 amide bonds. The zero-order chi connectivity index (χ0) is 19.6. The number of rotatable bonds is 13. The standard InChI is InChI=1S/C19H30NO5P/c1-3-4-5-6-10-26(24,25)14-16(13-21)12-20-15(2)17-8-7-9-18(11-17)19(22)23/h7-9,11,13,15-16,20H,3-6,10,12,14H2,1-2H3,(H,22,23)(H,24,25)/t15-,16-/m1/s1. The quantitative estimate of drug-likeness (QED) is 0.273. The van der Waals surface area contributed by atoms with Gasteiger partial charge >= 0.3 is 5.97 Å². The Kier molecular flexibility index (Phi) is 9.78. The molecule has 0 aliphatic carbocycles. The molecule has 0 radical (unpaired) electrons. The van der Waals surface area contributed by atoms with Crippen molar-refractivity contribution in [2.75, 3.05) is 18.9 Å². The number of benzene rings is 1. The fourth-order valence-electron chi connectivity index (χ4n) is 2.79. The van der Waals surface area contributed by atoms with Gasteiger partial charge in [0.05, 0.1) is 5.56 Å². The average molecular weight is 383 g/mol. The van der Waals surface area contributed by atoms with E-state index >= 15 is 0 Å². The minimum absolute atomic E-state index is 0.0164. The van der Waals surface area contributed by atoms with Crippen LogP contribution in [0.15, 0.2) is 24.3 Å². The predicted molar refractivity (Wildman–Crippen MR) is 103 cm³/mol. The summed E-state index contributed by atoms with van der Waals surface area (Å²) in [6, 6.07) is 6.42. The molecule has 1 unspecified atom stereocenters. The lowest BCUT2D eigenvalue weighted by Crippen LogP contribution is -2.29.